The Balaban J connectivity index is 0.00000225. The van der Waals surface area contributed by atoms with Crippen molar-refractivity contribution in [2.45, 2.75) is 62.7 Å². The molecule has 3 fully saturated rings. The van der Waals surface area contributed by atoms with Gasteiger partial charge in [-0.2, -0.15) is 0 Å². The zero-order valence-corrected chi connectivity index (χ0v) is 16.6. The summed E-state index contributed by atoms with van der Waals surface area (Å²) in [6.45, 7) is 2.28. The predicted molar refractivity (Wildman–Crippen MR) is 99.3 cm³/mol. The van der Waals surface area contributed by atoms with Gasteiger partial charge in [0, 0.05) is 19.1 Å². The number of sulfonamides is 1. The number of nitrogens with zero attached hydrogens (tertiary/aromatic N) is 1. The quantitative estimate of drug-likeness (QED) is 0.737. The average Bonchev–Trinajstić information content (AvgIpc) is 3.16. The van der Waals surface area contributed by atoms with Crippen molar-refractivity contribution in [1.82, 2.24) is 9.62 Å². The molecule has 6 nitrogen and oxygen atoms in total. The van der Waals surface area contributed by atoms with Gasteiger partial charge in [0.15, 0.2) is 0 Å². The van der Waals surface area contributed by atoms with Crippen LogP contribution in [-0.2, 0) is 19.6 Å². The van der Waals surface area contributed by atoms with E-state index in [0.29, 0.717) is 37.9 Å². The van der Waals surface area contributed by atoms with E-state index in [1.165, 1.54) is 20.0 Å². The molecule has 0 amide bonds. The Labute approximate surface area is 157 Å². The highest BCUT2D eigenvalue weighted by Crippen LogP contribution is 2.34. The van der Waals surface area contributed by atoms with Crippen LogP contribution in [0.1, 0.15) is 51.4 Å². The number of carbonyl (C=O) groups excluding carboxylic acids is 1. The molecule has 0 aromatic heterocycles. The fourth-order valence-electron chi connectivity index (χ4n) is 4.71. The Bertz CT molecular complexity index is 543. The molecular weight excluding hydrogens is 364 g/mol. The Kier molecular flexibility index (Phi) is 7.55. The van der Waals surface area contributed by atoms with E-state index < -0.39 is 21.2 Å². The van der Waals surface area contributed by atoms with Crippen molar-refractivity contribution in [3.8, 4) is 0 Å². The molecule has 3 unspecified atom stereocenters. The second-order valence-electron chi connectivity index (χ2n) is 7.44. The summed E-state index contributed by atoms with van der Waals surface area (Å²) in [7, 11) is -2.08. The summed E-state index contributed by atoms with van der Waals surface area (Å²) in [6.07, 6.45) is 7.27. The molecule has 25 heavy (non-hydrogen) atoms. The zero-order chi connectivity index (χ0) is 17.2. The van der Waals surface area contributed by atoms with Gasteiger partial charge in [0.05, 0.1) is 18.3 Å². The van der Waals surface area contributed by atoms with Gasteiger partial charge >= 0.3 is 5.97 Å². The van der Waals surface area contributed by atoms with Gasteiger partial charge in [-0.1, -0.05) is 12.8 Å². The van der Waals surface area contributed by atoms with Gasteiger partial charge in [-0.15, -0.1) is 12.4 Å². The molecule has 8 heteroatoms. The van der Waals surface area contributed by atoms with Gasteiger partial charge in [0.1, 0.15) is 0 Å². The van der Waals surface area contributed by atoms with Crippen LogP contribution in [0.2, 0.25) is 0 Å². The lowest BCUT2D eigenvalue weighted by molar-refractivity contribution is -0.146. The third kappa shape index (κ3) is 4.49. The van der Waals surface area contributed by atoms with Crippen molar-refractivity contribution in [1.29, 1.82) is 0 Å². The van der Waals surface area contributed by atoms with Crippen LogP contribution < -0.4 is 5.32 Å². The molecule has 2 aliphatic heterocycles. The van der Waals surface area contributed by atoms with Gasteiger partial charge in [-0.25, -0.2) is 12.7 Å². The summed E-state index contributed by atoms with van der Waals surface area (Å²) in [5, 5.41) is 2.95. The van der Waals surface area contributed by atoms with E-state index in [1.807, 2.05) is 0 Å². The molecule has 2 heterocycles. The molecular formula is C17H31ClN2O4S. The maximum atomic E-state index is 13.1. The topological polar surface area (TPSA) is 75.7 Å². The number of piperidine rings is 1. The van der Waals surface area contributed by atoms with Crippen LogP contribution in [0.25, 0.3) is 0 Å². The summed E-state index contributed by atoms with van der Waals surface area (Å²) >= 11 is 0. The fraction of sp³-hybridized carbons (Fsp3) is 0.941. The molecule has 2 saturated heterocycles. The normalized spacial score (nSPS) is 32.1. The van der Waals surface area contributed by atoms with Crippen LogP contribution in [0.5, 0.6) is 0 Å². The third-order valence-corrected chi connectivity index (χ3v) is 8.53. The molecule has 0 bridgehead atoms. The lowest BCUT2D eigenvalue weighted by Gasteiger charge is -2.38. The minimum atomic E-state index is -3.42. The third-order valence-electron chi connectivity index (χ3n) is 6.12. The number of methoxy groups -OCH3 is 1. The number of rotatable bonds is 4. The van der Waals surface area contributed by atoms with Crippen LogP contribution >= 0.6 is 12.4 Å². The summed E-state index contributed by atoms with van der Waals surface area (Å²) < 4.78 is 32.7. The predicted octanol–water partition coefficient (Wildman–Crippen LogP) is 1.93. The molecule has 1 N–H and O–H groups in total. The Morgan fingerprint density at radius 3 is 2.32 bits per heavy atom. The van der Waals surface area contributed by atoms with Crippen molar-refractivity contribution in [2.24, 2.45) is 11.8 Å². The maximum Gasteiger partial charge on any atom is 0.310 e. The zero-order valence-electron chi connectivity index (χ0n) is 15.0. The lowest BCUT2D eigenvalue weighted by Crippen LogP contribution is -2.50. The Morgan fingerprint density at radius 1 is 1.04 bits per heavy atom. The van der Waals surface area contributed by atoms with Crippen molar-refractivity contribution in [3.05, 3.63) is 0 Å². The summed E-state index contributed by atoms with van der Waals surface area (Å²) in [6, 6.07) is 0.562. The van der Waals surface area contributed by atoms with E-state index in [4.69, 9.17) is 4.74 Å². The minimum absolute atomic E-state index is 0. The largest absolute Gasteiger partial charge is 0.469 e. The Hall–Kier alpha value is -0.370. The first-order chi connectivity index (χ1) is 11.5. The van der Waals surface area contributed by atoms with E-state index in [9.17, 15) is 13.2 Å². The van der Waals surface area contributed by atoms with Crippen molar-refractivity contribution < 1.29 is 17.9 Å². The minimum Gasteiger partial charge on any atom is -0.469 e. The lowest BCUT2D eigenvalue weighted by atomic mass is 9.89. The first kappa shape index (κ1) is 20.9. The van der Waals surface area contributed by atoms with Gasteiger partial charge < -0.3 is 10.1 Å². The molecule has 146 valence electrons. The molecule has 3 atom stereocenters. The fourth-order valence-corrected chi connectivity index (χ4v) is 6.94. The second-order valence-corrected chi connectivity index (χ2v) is 9.59. The Morgan fingerprint density at radius 2 is 1.72 bits per heavy atom. The number of nitrogens with one attached hydrogen (secondary N) is 1. The highest BCUT2D eigenvalue weighted by molar-refractivity contribution is 7.89. The number of carbonyl (C=O) groups is 1. The molecule has 0 radical (unpaired) electrons. The first-order valence-electron chi connectivity index (χ1n) is 9.34. The number of ether oxygens (including phenoxy) is 1. The van der Waals surface area contributed by atoms with Gasteiger partial charge in [0.2, 0.25) is 10.0 Å². The monoisotopic (exact) mass is 394 g/mol. The van der Waals surface area contributed by atoms with E-state index in [0.717, 1.165) is 32.2 Å². The summed E-state index contributed by atoms with van der Waals surface area (Å²) in [5.74, 6) is -0.280. The van der Waals surface area contributed by atoms with Crippen molar-refractivity contribution >= 4 is 28.4 Å². The van der Waals surface area contributed by atoms with E-state index in [-0.39, 0.29) is 18.4 Å². The smallest absolute Gasteiger partial charge is 0.310 e. The number of hydrogen-bond acceptors (Lipinski definition) is 5. The molecule has 1 aliphatic carbocycles. The summed E-state index contributed by atoms with van der Waals surface area (Å²) in [5.41, 5.74) is 0. The van der Waals surface area contributed by atoms with E-state index in [2.05, 4.69) is 5.32 Å². The van der Waals surface area contributed by atoms with Crippen molar-refractivity contribution in [2.75, 3.05) is 26.7 Å². The van der Waals surface area contributed by atoms with Crippen LogP contribution in [0.4, 0.5) is 0 Å². The molecule has 0 spiro atoms. The van der Waals surface area contributed by atoms with Gasteiger partial charge in [-0.3, -0.25) is 4.79 Å². The van der Waals surface area contributed by atoms with Crippen LogP contribution in [-0.4, -0.2) is 56.7 Å². The van der Waals surface area contributed by atoms with Gasteiger partial charge in [-0.05, 0) is 51.0 Å². The standard InChI is InChI=1S/C17H30N2O4S.ClH/c1-23-17(20)14-5-2-3-7-16(14)24(21,22)19-11-8-13(9-12-19)15-6-4-10-18-15;/h13-16,18H,2-12H2,1H3;1H. The average molecular weight is 395 g/mol. The highest BCUT2D eigenvalue weighted by Gasteiger charge is 2.44. The van der Waals surface area contributed by atoms with Crippen LogP contribution in [0, 0.1) is 11.8 Å². The first-order valence-corrected chi connectivity index (χ1v) is 10.8. The second kappa shape index (κ2) is 9.02. The van der Waals surface area contributed by atoms with Crippen molar-refractivity contribution in [3.63, 3.8) is 0 Å². The SMILES string of the molecule is COC(=O)C1CCCCC1S(=O)(=O)N1CCC(C2CCCN2)CC1.Cl. The number of halogens is 1. The molecule has 3 rings (SSSR count). The number of hydrogen-bond donors (Lipinski definition) is 1. The van der Waals surface area contributed by atoms with Gasteiger partial charge in [0.25, 0.3) is 0 Å². The van der Waals surface area contributed by atoms with Crippen LogP contribution in [0.3, 0.4) is 0 Å². The molecule has 1 saturated carbocycles. The van der Waals surface area contributed by atoms with E-state index in [1.54, 1.807) is 4.31 Å². The highest BCUT2D eigenvalue weighted by atomic mass is 35.5. The number of esters is 1. The molecule has 0 aromatic carbocycles. The van der Waals surface area contributed by atoms with E-state index >= 15 is 0 Å². The van der Waals surface area contributed by atoms with Crippen LogP contribution in [0.15, 0.2) is 0 Å². The summed E-state index contributed by atoms with van der Waals surface area (Å²) in [4.78, 5) is 12.0. The maximum absolute atomic E-state index is 13.1. The molecule has 0 aromatic rings. The molecule has 3 aliphatic rings.